The molecule has 0 atom stereocenters. The van der Waals surface area contributed by atoms with E-state index in [1.165, 1.54) is 36.0 Å². The number of carbonyl (C=O) groups is 1. The van der Waals surface area contributed by atoms with Gasteiger partial charge >= 0.3 is 0 Å². The van der Waals surface area contributed by atoms with E-state index in [9.17, 15) is 20.2 Å². The Morgan fingerprint density at radius 1 is 1.22 bits per heavy atom. The zero-order valence-electron chi connectivity index (χ0n) is 14.9. The van der Waals surface area contributed by atoms with Gasteiger partial charge in [-0.1, -0.05) is 31.5 Å². The monoisotopic (exact) mass is 364 g/mol. The minimum atomic E-state index is -0.648. The predicted octanol–water partition coefficient (Wildman–Crippen LogP) is 4.40. The number of unbranched alkanes of at least 4 members (excludes halogenated alkanes) is 1. The summed E-state index contributed by atoms with van der Waals surface area (Å²) in [6, 6.07) is 15.1. The van der Waals surface area contributed by atoms with E-state index in [0.29, 0.717) is 0 Å². The first-order chi connectivity index (χ1) is 13.0. The molecule has 2 aromatic carbocycles. The van der Waals surface area contributed by atoms with Gasteiger partial charge in [0.25, 0.3) is 11.6 Å². The molecule has 2 aromatic rings. The van der Waals surface area contributed by atoms with Crippen molar-refractivity contribution in [2.45, 2.75) is 26.2 Å². The highest BCUT2D eigenvalue weighted by atomic mass is 16.6. The van der Waals surface area contributed by atoms with Crippen LogP contribution in [0.15, 0.2) is 60.3 Å². The molecule has 0 aliphatic carbocycles. The van der Waals surface area contributed by atoms with Crippen LogP contribution < -0.4 is 10.6 Å². The number of anilines is 2. The topological polar surface area (TPSA) is 108 Å². The van der Waals surface area contributed by atoms with Gasteiger partial charge in [-0.15, -0.1) is 0 Å². The van der Waals surface area contributed by atoms with Crippen LogP contribution in [0.5, 0.6) is 0 Å². The van der Waals surface area contributed by atoms with Crippen LogP contribution in [0, 0.1) is 21.4 Å². The average Bonchev–Trinajstić information content (AvgIpc) is 2.68. The van der Waals surface area contributed by atoms with Crippen molar-refractivity contribution in [3.63, 3.8) is 0 Å². The van der Waals surface area contributed by atoms with Crippen LogP contribution >= 0.6 is 0 Å². The van der Waals surface area contributed by atoms with Gasteiger partial charge < -0.3 is 10.6 Å². The predicted molar refractivity (Wildman–Crippen MR) is 104 cm³/mol. The number of nitrogens with one attached hydrogen (secondary N) is 2. The quantitative estimate of drug-likeness (QED) is 0.312. The molecule has 0 aliphatic heterocycles. The Bertz CT molecular complexity index is 883. The van der Waals surface area contributed by atoms with Gasteiger partial charge in [0.05, 0.1) is 4.92 Å². The molecule has 0 saturated carbocycles. The molecule has 7 nitrogen and oxygen atoms in total. The molecule has 0 aliphatic rings. The largest absolute Gasteiger partial charge is 0.360 e. The van der Waals surface area contributed by atoms with Crippen molar-refractivity contribution in [1.82, 2.24) is 0 Å². The zero-order valence-corrected chi connectivity index (χ0v) is 14.9. The summed E-state index contributed by atoms with van der Waals surface area (Å²) in [5, 5.41) is 25.4. The maximum atomic E-state index is 12.2. The van der Waals surface area contributed by atoms with Gasteiger partial charge in [-0.2, -0.15) is 5.26 Å². The summed E-state index contributed by atoms with van der Waals surface area (Å²) in [5.41, 5.74) is 1.95. The van der Waals surface area contributed by atoms with Crippen LogP contribution in [0.4, 0.5) is 17.1 Å². The maximum absolute atomic E-state index is 12.2. The first-order valence-corrected chi connectivity index (χ1v) is 8.55. The van der Waals surface area contributed by atoms with Crippen molar-refractivity contribution in [3.05, 3.63) is 76.0 Å². The van der Waals surface area contributed by atoms with Crippen molar-refractivity contribution < 1.29 is 9.72 Å². The van der Waals surface area contributed by atoms with Crippen molar-refractivity contribution in [3.8, 4) is 6.07 Å². The molecule has 1 amide bonds. The lowest BCUT2D eigenvalue weighted by Crippen LogP contribution is -2.14. The highest BCUT2D eigenvalue weighted by molar-refractivity contribution is 6.06. The Labute approximate surface area is 157 Å². The molecule has 0 spiro atoms. The van der Waals surface area contributed by atoms with Crippen LogP contribution in [0.3, 0.4) is 0 Å². The molecule has 138 valence electrons. The Morgan fingerprint density at radius 3 is 2.59 bits per heavy atom. The lowest BCUT2D eigenvalue weighted by atomic mass is 10.1. The number of nitriles is 1. The number of non-ortho nitro benzene ring substituents is 1. The van der Waals surface area contributed by atoms with Crippen LogP contribution in [-0.2, 0) is 11.2 Å². The third-order valence-electron chi connectivity index (χ3n) is 3.84. The number of carbonyl (C=O) groups excluding carboxylic acids is 1. The molecule has 0 aromatic heterocycles. The molecule has 0 unspecified atom stereocenters. The summed E-state index contributed by atoms with van der Waals surface area (Å²) in [6.07, 6.45) is 4.59. The molecule has 2 rings (SSSR count). The lowest BCUT2D eigenvalue weighted by molar-refractivity contribution is -0.384. The average molecular weight is 364 g/mol. The highest BCUT2D eigenvalue weighted by Gasteiger charge is 2.12. The molecule has 0 heterocycles. The van der Waals surface area contributed by atoms with Crippen LogP contribution in [0.25, 0.3) is 0 Å². The van der Waals surface area contributed by atoms with Gasteiger partial charge in [-0.05, 0) is 36.6 Å². The SMILES string of the molecule is CCCCc1ccc(N/C=C(/C#N)C(=O)Nc2cccc([N+](=O)[O-])c2)cc1. The molecule has 0 fully saturated rings. The van der Waals surface area contributed by atoms with E-state index < -0.39 is 10.8 Å². The number of amides is 1. The van der Waals surface area contributed by atoms with E-state index in [2.05, 4.69) is 17.6 Å². The summed E-state index contributed by atoms with van der Waals surface area (Å²) >= 11 is 0. The Kier molecular flexibility index (Phi) is 7.08. The normalized spacial score (nSPS) is 10.7. The molecule has 7 heteroatoms. The second-order valence-electron chi connectivity index (χ2n) is 5.88. The van der Waals surface area contributed by atoms with Gasteiger partial charge in [-0.25, -0.2) is 0 Å². The molecular formula is C20H20N4O3. The van der Waals surface area contributed by atoms with Gasteiger partial charge in [0.1, 0.15) is 11.6 Å². The fraction of sp³-hybridized carbons (Fsp3) is 0.200. The minimum Gasteiger partial charge on any atom is -0.360 e. The first-order valence-electron chi connectivity index (χ1n) is 8.55. The maximum Gasteiger partial charge on any atom is 0.271 e. The summed E-state index contributed by atoms with van der Waals surface area (Å²) < 4.78 is 0. The van der Waals surface area contributed by atoms with Crippen molar-refractivity contribution in [2.24, 2.45) is 0 Å². The standard InChI is InChI=1S/C20H20N4O3/c1-2-3-5-15-8-10-17(11-9-15)22-14-16(13-21)20(25)23-18-6-4-7-19(12-18)24(26)27/h4,6-12,14,22H,2-3,5H2,1H3,(H,23,25)/b16-14-. The van der Waals surface area contributed by atoms with Crippen LogP contribution in [0.1, 0.15) is 25.3 Å². The fourth-order valence-electron chi connectivity index (χ4n) is 2.35. The number of nitro groups is 1. The van der Waals surface area contributed by atoms with Crippen molar-refractivity contribution in [1.29, 1.82) is 5.26 Å². The Hall–Kier alpha value is -3.66. The van der Waals surface area contributed by atoms with E-state index in [1.807, 2.05) is 30.3 Å². The molecule has 27 heavy (non-hydrogen) atoms. The summed E-state index contributed by atoms with van der Waals surface area (Å²) in [6.45, 7) is 2.14. The van der Waals surface area contributed by atoms with Crippen LogP contribution in [-0.4, -0.2) is 10.8 Å². The van der Waals surface area contributed by atoms with Gasteiger partial charge in [0.2, 0.25) is 0 Å². The fourth-order valence-corrected chi connectivity index (χ4v) is 2.35. The smallest absolute Gasteiger partial charge is 0.271 e. The number of hydrogen-bond donors (Lipinski definition) is 2. The highest BCUT2D eigenvalue weighted by Crippen LogP contribution is 2.18. The number of aryl methyl sites for hydroxylation is 1. The third-order valence-corrected chi connectivity index (χ3v) is 3.84. The van der Waals surface area contributed by atoms with E-state index >= 15 is 0 Å². The molecule has 2 N–H and O–H groups in total. The summed E-state index contributed by atoms with van der Waals surface area (Å²) in [4.78, 5) is 22.4. The molecule has 0 radical (unpaired) electrons. The number of hydrogen-bond acceptors (Lipinski definition) is 5. The molecule has 0 bridgehead atoms. The number of nitro benzene ring substituents is 1. The zero-order chi connectivity index (χ0) is 19.6. The summed E-state index contributed by atoms with van der Waals surface area (Å²) in [7, 11) is 0. The van der Waals surface area contributed by atoms with Gasteiger partial charge in [0, 0.05) is 29.7 Å². The minimum absolute atomic E-state index is 0.142. The number of nitrogens with zero attached hydrogens (tertiary/aromatic N) is 2. The van der Waals surface area contributed by atoms with Gasteiger partial charge in [0.15, 0.2) is 0 Å². The number of rotatable bonds is 8. The van der Waals surface area contributed by atoms with Crippen molar-refractivity contribution in [2.75, 3.05) is 10.6 Å². The second-order valence-corrected chi connectivity index (χ2v) is 5.88. The third kappa shape index (κ3) is 5.97. The van der Waals surface area contributed by atoms with Crippen LogP contribution in [0.2, 0.25) is 0 Å². The summed E-state index contributed by atoms with van der Waals surface area (Å²) in [5.74, 6) is -0.648. The van der Waals surface area contributed by atoms with E-state index in [4.69, 9.17) is 0 Å². The van der Waals surface area contributed by atoms with Crippen molar-refractivity contribution >= 4 is 23.0 Å². The Morgan fingerprint density at radius 2 is 1.96 bits per heavy atom. The molecule has 0 saturated heterocycles. The van der Waals surface area contributed by atoms with Gasteiger partial charge in [-0.3, -0.25) is 14.9 Å². The van der Waals surface area contributed by atoms with E-state index in [1.54, 1.807) is 0 Å². The van der Waals surface area contributed by atoms with E-state index in [-0.39, 0.29) is 16.9 Å². The Balaban J connectivity index is 2.02. The van der Waals surface area contributed by atoms with E-state index in [0.717, 1.165) is 24.9 Å². The second kappa shape index (κ2) is 9.73. The first kappa shape index (κ1) is 19.7. The lowest BCUT2D eigenvalue weighted by Gasteiger charge is -2.06. The number of benzene rings is 2. The molecular weight excluding hydrogens is 344 g/mol.